The van der Waals surface area contributed by atoms with E-state index in [0.29, 0.717) is 6.07 Å². The van der Waals surface area contributed by atoms with Crippen molar-refractivity contribution in [1.29, 1.82) is 0 Å². The molecule has 0 spiro atoms. The van der Waals surface area contributed by atoms with Gasteiger partial charge in [0.2, 0.25) is 5.91 Å². The second kappa shape index (κ2) is 9.43. The molecule has 1 aliphatic heterocycles. The van der Waals surface area contributed by atoms with Crippen molar-refractivity contribution in [3.8, 4) is 0 Å². The van der Waals surface area contributed by atoms with Crippen LogP contribution < -0.4 is 0 Å². The minimum Gasteiger partial charge on any atom is -0.396 e. The van der Waals surface area contributed by atoms with Crippen molar-refractivity contribution in [3.63, 3.8) is 0 Å². The predicted octanol–water partition coefficient (Wildman–Crippen LogP) is 4.82. The number of aryl methyl sites for hydroxylation is 1. The normalized spacial score (nSPS) is 22.8. The number of aliphatic hydroxyl groups is 1. The van der Waals surface area contributed by atoms with Crippen LogP contribution in [0.25, 0.3) is 0 Å². The highest BCUT2D eigenvalue weighted by atomic mass is 32.2. The van der Waals surface area contributed by atoms with Crippen molar-refractivity contribution in [1.82, 2.24) is 4.90 Å². The third kappa shape index (κ3) is 4.30. The van der Waals surface area contributed by atoms with E-state index in [1.807, 2.05) is 0 Å². The predicted molar refractivity (Wildman–Crippen MR) is 121 cm³/mol. The molecule has 214 valence electrons. The third-order valence-corrected chi connectivity index (χ3v) is 10.2. The highest BCUT2D eigenvalue weighted by Crippen LogP contribution is 2.56. The number of aliphatic hydroxyl groups excluding tert-OH is 1. The van der Waals surface area contributed by atoms with Gasteiger partial charge in [0.15, 0.2) is 9.84 Å². The third-order valence-electron chi connectivity index (χ3n) is 7.64. The number of sulfone groups is 1. The maximum Gasteiger partial charge on any atom is 0.435 e. The smallest absolute Gasteiger partial charge is 0.396 e. The van der Waals surface area contributed by atoms with Crippen molar-refractivity contribution in [3.05, 3.63) is 65.0 Å². The molecule has 5 nitrogen and oxygen atoms in total. The van der Waals surface area contributed by atoms with Gasteiger partial charge in [-0.25, -0.2) is 17.2 Å². The van der Waals surface area contributed by atoms with Gasteiger partial charge in [-0.3, -0.25) is 4.79 Å². The van der Waals surface area contributed by atoms with Gasteiger partial charge < -0.3 is 10.0 Å². The van der Waals surface area contributed by atoms with Crippen LogP contribution in [0.5, 0.6) is 0 Å². The van der Waals surface area contributed by atoms with Crippen molar-refractivity contribution in [2.45, 2.75) is 47.4 Å². The molecule has 2 aliphatic rings. The number of benzene rings is 2. The quantitative estimate of drug-likeness (QED) is 0.404. The summed E-state index contributed by atoms with van der Waals surface area (Å²) >= 11 is 0. The molecule has 4 rings (SSSR count). The zero-order valence-electron chi connectivity index (χ0n) is 20.3. The molecule has 3 unspecified atom stereocenters. The lowest BCUT2D eigenvalue weighted by Crippen LogP contribution is -2.51. The minimum atomic E-state index is -6.36. The Hall–Kier alpha value is -2.74. The van der Waals surface area contributed by atoms with Gasteiger partial charge in [0.25, 0.3) is 0 Å². The standard InChI is InChI=1S/C25H23F8NO4S/c1-14(12-35)21(36)34-11-17-3-2-15-10-16(23(27,24(28,29)30)25(31,32)33)4-9-20(15)22(17,13-34)39(37,38)19-7-5-18(26)6-8-19/h4-10,14,17,35H,2-3,11-13H2,1H3. The second-order valence-electron chi connectivity index (χ2n) is 9.91. The zero-order valence-corrected chi connectivity index (χ0v) is 21.1. The van der Waals surface area contributed by atoms with E-state index in [1.54, 1.807) is 0 Å². The lowest BCUT2D eigenvalue weighted by atomic mass is 9.75. The number of carbonyl (C=O) groups is 1. The number of amides is 1. The molecule has 1 amide bonds. The van der Waals surface area contributed by atoms with E-state index in [-0.39, 0.29) is 41.5 Å². The molecule has 0 aromatic heterocycles. The van der Waals surface area contributed by atoms with Crippen LogP contribution >= 0.6 is 0 Å². The van der Waals surface area contributed by atoms with E-state index < -0.39 is 74.9 Å². The fraction of sp³-hybridized carbons (Fsp3) is 0.480. The summed E-state index contributed by atoms with van der Waals surface area (Å²) in [4.78, 5) is 13.7. The summed E-state index contributed by atoms with van der Waals surface area (Å²) in [5.41, 5.74) is -7.85. The first-order valence-corrected chi connectivity index (χ1v) is 13.3. The number of nitrogens with zero attached hydrogens (tertiary/aromatic N) is 1. The van der Waals surface area contributed by atoms with E-state index in [9.17, 15) is 53.4 Å². The highest BCUT2D eigenvalue weighted by molar-refractivity contribution is 7.92. The minimum absolute atomic E-state index is 0.0640. The topological polar surface area (TPSA) is 74.7 Å². The van der Waals surface area contributed by atoms with Crippen molar-refractivity contribution < 1.29 is 53.4 Å². The van der Waals surface area contributed by atoms with E-state index in [2.05, 4.69) is 0 Å². The Morgan fingerprint density at radius 1 is 1.05 bits per heavy atom. The van der Waals surface area contributed by atoms with Gasteiger partial charge in [-0.05, 0) is 48.2 Å². The largest absolute Gasteiger partial charge is 0.435 e. The maximum atomic E-state index is 14.8. The van der Waals surface area contributed by atoms with Crippen LogP contribution in [0.4, 0.5) is 35.1 Å². The average molecular weight is 586 g/mol. The molecular weight excluding hydrogens is 562 g/mol. The zero-order chi connectivity index (χ0) is 29.2. The molecule has 1 fully saturated rings. The monoisotopic (exact) mass is 585 g/mol. The van der Waals surface area contributed by atoms with Crippen LogP contribution in [-0.4, -0.2) is 56.4 Å². The first kappa shape index (κ1) is 29.2. The van der Waals surface area contributed by atoms with Gasteiger partial charge in [0.05, 0.1) is 17.4 Å². The molecule has 3 atom stereocenters. The molecule has 39 heavy (non-hydrogen) atoms. The number of halogens is 8. The highest BCUT2D eigenvalue weighted by Gasteiger charge is 2.73. The van der Waals surface area contributed by atoms with Crippen LogP contribution in [0.1, 0.15) is 30.0 Å². The lowest BCUT2D eigenvalue weighted by molar-refractivity contribution is -0.348. The van der Waals surface area contributed by atoms with E-state index in [1.165, 1.54) is 11.8 Å². The number of carbonyl (C=O) groups excluding carboxylic acids is 1. The van der Waals surface area contributed by atoms with Crippen LogP contribution in [0.3, 0.4) is 0 Å². The fourth-order valence-electron chi connectivity index (χ4n) is 5.60. The molecule has 1 heterocycles. The van der Waals surface area contributed by atoms with Crippen molar-refractivity contribution in [2.24, 2.45) is 11.8 Å². The Labute approximate surface area is 218 Å². The summed E-state index contributed by atoms with van der Waals surface area (Å²) < 4.78 is 135. The van der Waals surface area contributed by atoms with E-state index in [0.717, 1.165) is 30.3 Å². The Balaban J connectivity index is 1.95. The molecule has 2 aromatic rings. The summed E-state index contributed by atoms with van der Waals surface area (Å²) in [5, 5.41) is 9.43. The molecule has 0 saturated carbocycles. The van der Waals surface area contributed by atoms with Crippen LogP contribution in [0.2, 0.25) is 0 Å². The number of hydrogen-bond acceptors (Lipinski definition) is 4. The Kier molecular flexibility index (Phi) is 7.07. The fourth-order valence-corrected chi connectivity index (χ4v) is 7.96. The Morgan fingerprint density at radius 2 is 1.64 bits per heavy atom. The van der Waals surface area contributed by atoms with Gasteiger partial charge in [0, 0.05) is 24.6 Å². The van der Waals surface area contributed by atoms with Crippen LogP contribution in [0.15, 0.2) is 47.4 Å². The summed E-state index contributed by atoms with van der Waals surface area (Å²) in [7, 11) is -4.56. The SMILES string of the molecule is CC(CO)C(=O)N1CC2CCc3cc(C(F)(C(F)(F)F)C(F)(F)F)ccc3C2(S(=O)(=O)c2ccc(F)cc2)C1. The first-order chi connectivity index (χ1) is 17.9. The van der Waals surface area contributed by atoms with E-state index >= 15 is 0 Å². The van der Waals surface area contributed by atoms with Gasteiger partial charge in [0.1, 0.15) is 10.6 Å². The number of likely N-dealkylation sites (tertiary alicyclic amines) is 1. The molecule has 0 radical (unpaired) electrons. The molecule has 14 heteroatoms. The maximum absolute atomic E-state index is 14.8. The first-order valence-electron chi connectivity index (χ1n) is 11.8. The van der Waals surface area contributed by atoms with E-state index in [4.69, 9.17) is 0 Å². The summed E-state index contributed by atoms with van der Waals surface area (Å²) in [6, 6.07) is 5.09. The van der Waals surface area contributed by atoms with Gasteiger partial charge in [-0.15, -0.1) is 0 Å². The van der Waals surface area contributed by atoms with Crippen molar-refractivity contribution >= 4 is 15.7 Å². The van der Waals surface area contributed by atoms with Crippen molar-refractivity contribution in [2.75, 3.05) is 19.7 Å². The molecule has 1 saturated heterocycles. The second-order valence-corrected chi connectivity index (χ2v) is 12.1. The molecule has 1 N–H and O–H groups in total. The van der Waals surface area contributed by atoms with Gasteiger partial charge in [-0.1, -0.05) is 25.1 Å². The molecule has 1 aliphatic carbocycles. The number of rotatable bonds is 5. The number of hydrogen-bond donors (Lipinski definition) is 1. The summed E-state index contributed by atoms with van der Waals surface area (Å²) in [5.74, 6) is -3.12. The van der Waals surface area contributed by atoms with Gasteiger partial charge >= 0.3 is 18.0 Å². The van der Waals surface area contributed by atoms with Crippen LogP contribution in [0, 0.1) is 17.7 Å². The lowest BCUT2D eigenvalue weighted by Gasteiger charge is -2.40. The number of alkyl halides is 7. The average Bonchev–Trinajstić information content (AvgIpc) is 3.27. The molecular formula is C25H23F8NO4S. The number of fused-ring (bicyclic) bond motifs is 3. The van der Waals surface area contributed by atoms with Crippen LogP contribution in [-0.2, 0) is 31.5 Å². The van der Waals surface area contributed by atoms with Gasteiger partial charge in [-0.2, -0.15) is 26.3 Å². The Bertz CT molecular complexity index is 1360. The summed E-state index contributed by atoms with van der Waals surface area (Å²) in [6.45, 7) is 0.209. The molecule has 2 aromatic carbocycles. The molecule has 0 bridgehead atoms. The Morgan fingerprint density at radius 3 is 2.18 bits per heavy atom. The summed E-state index contributed by atoms with van der Waals surface area (Å²) in [6.07, 6.45) is -13.0.